The fourth-order valence-electron chi connectivity index (χ4n) is 1.79. The molecule has 2 rings (SSSR count). The molecule has 1 N–H and O–H groups in total. The first-order valence-corrected chi connectivity index (χ1v) is 5.30. The topological polar surface area (TPSA) is 60.6 Å². The van der Waals surface area contributed by atoms with Gasteiger partial charge in [0, 0.05) is 20.3 Å². The maximum Gasteiger partial charge on any atom is 0.0934 e. The predicted octanol–water partition coefficient (Wildman–Crippen LogP) is 0.247. The molecule has 1 atom stereocenters. The van der Waals surface area contributed by atoms with E-state index in [-0.39, 0.29) is 6.04 Å². The van der Waals surface area contributed by atoms with Crippen LogP contribution in [0.1, 0.15) is 24.4 Å². The highest BCUT2D eigenvalue weighted by molar-refractivity contribution is 5.19. The minimum absolute atomic E-state index is 0.0810. The van der Waals surface area contributed by atoms with E-state index in [1.807, 2.05) is 24.8 Å². The van der Waals surface area contributed by atoms with Crippen molar-refractivity contribution < 1.29 is 0 Å². The van der Waals surface area contributed by atoms with Gasteiger partial charge < -0.3 is 5.32 Å². The number of rotatable bonds is 4. The Morgan fingerprint density at radius 2 is 2.12 bits per heavy atom. The van der Waals surface area contributed by atoms with Gasteiger partial charge in [-0.05, 0) is 12.6 Å². The Kier molecular flexibility index (Phi) is 3.00. The molecule has 0 radical (unpaired) electrons. The molecule has 2 aromatic heterocycles. The van der Waals surface area contributed by atoms with E-state index in [1.54, 1.807) is 17.1 Å². The van der Waals surface area contributed by atoms with E-state index < -0.39 is 0 Å². The lowest BCUT2D eigenvalue weighted by atomic mass is 10.1. The van der Waals surface area contributed by atoms with E-state index in [0.717, 1.165) is 17.9 Å². The predicted molar refractivity (Wildman–Crippen MR) is 59.7 cm³/mol. The second kappa shape index (κ2) is 4.44. The van der Waals surface area contributed by atoms with E-state index in [9.17, 15) is 0 Å². The van der Waals surface area contributed by atoms with Crippen LogP contribution in [0.3, 0.4) is 0 Å². The minimum Gasteiger partial charge on any atom is -0.304 e. The van der Waals surface area contributed by atoms with Crippen LogP contribution in [-0.2, 0) is 14.1 Å². The molecule has 0 aliphatic carbocycles. The summed E-state index contributed by atoms with van der Waals surface area (Å²) in [6.07, 6.45) is 3.57. The highest BCUT2D eigenvalue weighted by Crippen LogP contribution is 2.19. The summed E-state index contributed by atoms with van der Waals surface area (Å²) in [6.45, 7) is 2.95. The zero-order valence-corrected chi connectivity index (χ0v) is 9.75. The summed E-state index contributed by atoms with van der Waals surface area (Å²) in [6, 6.07) is 2.08. The molecule has 86 valence electrons. The van der Waals surface area contributed by atoms with Crippen molar-refractivity contribution in [3.05, 3.63) is 29.8 Å². The van der Waals surface area contributed by atoms with Gasteiger partial charge in [0.05, 0.1) is 23.6 Å². The van der Waals surface area contributed by atoms with E-state index in [0.29, 0.717) is 0 Å². The van der Waals surface area contributed by atoms with Crippen molar-refractivity contribution in [2.45, 2.75) is 13.0 Å². The van der Waals surface area contributed by atoms with Crippen molar-refractivity contribution in [2.24, 2.45) is 14.1 Å². The first-order chi connectivity index (χ1) is 7.74. The van der Waals surface area contributed by atoms with Gasteiger partial charge in [0.25, 0.3) is 0 Å². The summed E-state index contributed by atoms with van der Waals surface area (Å²) in [5.41, 5.74) is 2.14. The maximum atomic E-state index is 4.19. The molecule has 0 spiro atoms. The largest absolute Gasteiger partial charge is 0.304 e. The number of aromatic nitrogens is 5. The summed E-state index contributed by atoms with van der Waals surface area (Å²) in [7, 11) is 3.83. The zero-order valence-electron chi connectivity index (χ0n) is 9.75. The highest BCUT2D eigenvalue weighted by Gasteiger charge is 2.19. The second-order valence-electron chi connectivity index (χ2n) is 3.65. The van der Waals surface area contributed by atoms with Crippen molar-refractivity contribution in [3.63, 3.8) is 0 Å². The van der Waals surface area contributed by atoms with Crippen molar-refractivity contribution in [1.82, 2.24) is 30.1 Å². The van der Waals surface area contributed by atoms with E-state index in [1.165, 1.54) is 0 Å². The van der Waals surface area contributed by atoms with Crippen LogP contribution in [0.2, 0.25) is 0 Å². The van der Waals surface area contributed by atoms with Gasteiger partial charge in [0.1, 0.15) is 0 Å². The van der Waals surface area contributed by atoms with Crippen LogP contribution >= 0.6 is 0 Å². The van der Waals surface area contributed by atoms with Gasteiger partial charge >= 0.3 is 0 Å². The lowest BCUT2D eigenvalue weighted by Crippen LogP contribution is -2.26. The van der Waals surface area contributed by atoms with Crippen LogP contribution in [-0.4, -0.2) is 31.3 Å². The molecule has 6 nitrogen and oxygen atoms in total. The third-order valence-electron chi connectivity index (χ3n) is 2.61. The summed E-state index contributed by atoms with van der Waals surface area (Å²) in [5, 5.41) is 15.5. The molecule has 0 saturated carbocycles. The Labute approximate surface area is 94.3 Å². The monoisotopic (exact) mass is 220 g/mol. The lowest BCUT2D eigenvalue weighted by Gasteiger charge is -2.17. The van der Waals surface area contributed by atoms with Gasteiger partial charge in [-0.25, -0.2) is 0 Å². The quantitative estimate of drug-likeness (QED) is 0.802. The number of nitrogens with zero attached hydrogens (tertiary/aromatic N) is 5. The van der Waals surface area contributed by atoms with Crippen molar-refractivity contribution in [1.29, 1.82) is 0 Å². The van der Waals surface area contributed by atoms with Crippen LogP contribution in [0.4, 0.5) is 0 Å². The Balaban J connectivity index is 2.39. The Morgan fingerprint density at radius 3 is 2.62 bits per heavy atom. The average Bonchev–Trinajstić information content (AvgIpc) is 2.84. The first-order valence-electron chi connectivity index (χ1n) is 5.30. The molecule has 6 heteroatoms. The molecule has 0 bridgehead atoms. The standard InChI is InChI=1S/C10H16N6/c1-4-11-10(8-5-6-13-15(8)2)9-7-12-14-16(9)3/h5-7,10-11H,4H2,1-3H3. The van der Waals surface area contributed by atoms with Gasteiger partial charge in [-0.2, -0.15) is 5.10 Å². The highest BCUT2D eigenvalue weighted by atomic mass is 15.4. The second-order valence-corrected chi connectivity index (χ2v) is 3.65. The Bertz CT molecular complexity index is 417. The third kappa shape index (κ3) is 1.83. The van der Waals surface area contributed by atoms with Crippen LogP contribution in [0, 0.1) is 0 Å². The van der Waals surface area contributed by atoms with Crippen LogP contribution in [0.25, 0.3) is 0 Å². The number of hydrogen-bond acceptors (Lipinski definition) is 4. The van der Waals surface area contributed by atoms with Crippen LogP contribution < -0.4 is 5.32 Å². The molecule has 1 unspecified atom stereocenters. The van der Waals surface area contributed by atoms with E-state index >= 15 is 0 Å². The molecule has 2 heterocycles. The third-order valence-corrected chi connectivity index (χ3v) is 2.61. The molecular weight excluding hydrogens is 204 g/mol. The number of hydrogen-bond donors (Lipinski definition) is 1. The van der Waals surface area contributed by atoms with Gasteiger partial charge in [-0.15, -0.1) is 5.10 Å². The first kappa shape index (κ1) is 10.8. The van der Waals surface area contributed by atoms with Gasteiger partial charge in [-0.3, -0.25) is 9.36 Å². The zero-order chi connectivity index (χ0) is 11.5. The van der Waals surface area contributed by atoms with Crippen LogP contribution in [0.5, 0.6) is 0 Å². The minimum atomic E-state index is 0.0810. The Morgan fingerprint density at radius 1 is 1.31 bits per heavy atom. The van der Waals surface area contributed by atoms with Crippen molar-refractivity contribution >= 4 is 0 Å². The van der Waals surface area contributed by atoms with Crippen LogP contribution in [0.15, 0.2) is 18.5 Å². The number of aryl methyl sites for hydroxylation is 2. The van der Waals surface area contributed by atoms with Crippen molar-refractivity contribution in [3.8, 4) is 0 Å². The smallest absolute Gasteiger partial charge is 0.0934 e. The molecule has 0 fully saturated rings. The average molecular weight is 220 g/mol. The SMILES string of the molecule is CCNC(c1ccnn1C)c1cnnn1C. The molecule has 0 amide bonds. The van der Waals surface area contributed by atoms with Gasteiger partial charge in [-0.1, -0.05) is 12.1 Å². The molecule has 0 saturated heterocycles. The summed E-state index contributed by atoms with van der Waals surface area (Å²) >= 11 is 0. The maximum absolute atomic E-state index is 4.19. The molecule has 16 heavy (non-hydrogen) atoms. The fraction of sp³-hybridized carbons (Fsp3) is 0.500. The number of nitrogens with one attached hydrogen (secondary N) is 1. The van der Waals surface area contributed by atoms with Gasteiger partial charge in [0.2, 0.25) is 0 Å². The molecule has 2 aromatic rings. The fourth-order valence-corrected chi connectivity index (χ4v) is 1.79. The lowest BCUT2D eigenvalue weighted by molar-refractivity contribution is 0.532. The normalized spacial score (nSPS) is 12.9. The molecule has 0 aliphatic rings. The Hall–Kier alpha value is -1.69. The van der Waals surface area contributed by atoms with Crippen molar-refractivity contribution in [2.75, 3.05) is 6.54 Å². The summed E-state index contributed by atoms with van der Waals surface area (Å²) in [4.78, 5) is 0. The van der Waals surface area contributed by atoms with Gasteiger partial charge in [0.15, 0.2) is 0 Å². The molecule has 0 aliphatic heterocycles. The van der Waals surface area contributed by atoms with E-state index in [2.05, 4.69) is 27.7 Å². The van der Waals surface area contributed by atoms with E-state index in [4.69, 9.17) is 0 Å². The molecule has 0 aromatic carbocycles. The summed E-state index contributed by atoms with van der Waals surface area (Å²) < 4.78 is 3.64. The summed E-state index contributed by atoms with van der Waals surface area (Å²) in [5.74, 6) is 0. The molecular formula is C10H16N6.